The monoisotopic (exact) mass is 392 g/mol. The summed E-state index contributed by atoms with van der Waals surface area (Å²) < 4.78 is 5.13. The Kier molecular flexibility index (Phi) is 5.98. The molecule has 9 heteroatoms. The van der Waals surface area contributed by atoms with Gasteiger partial charge >= 0.3 is 5.97 Å². The van der Waals surface area contributed by atoms with Crippen LogP contribution in [-0.4, -0.2) is 52.5 Å². The maximum atomic E-state index is 11.5. The number of carbonyl (C=O) groups is 1. The number of anilines is 2. The minimum absolute atomic E-state index is 0.0111. The molecule has 27 heavy (non-hydrogen) atoms. The quantitative estimate of drug-likeness (QED) is 0.659. The van der Waals surface area contributed by atoms with Crippen molar-refractivity contribution in [3.8, 4) is 5.75 Å². The Bertz CT molecular complexity index is 833. The Hall–Kier alpha value is -2.58. The fraction of sp³-hybridized carbons (Fsp3) is 0.389. The molecular formula is C18H21ClN4O4. The number of benzene rings is 1. The smallest absolute Gasteiger partial charge is 0.341 e. The highest BCUT2D eigenvalue weighted by molar-refractivity contribution is 6.32. The van der Waals surface area contributed by atoms with Gasteiger partial charge in [0.25, 0.3) is 0 Å². The van der Waals surface area contributed by atoms with Gasteiger partial charge in [-0.2, -0.15) is 4.98 Å². The average molecular weight is 393 g/mol. The number of aliphatic hydroxyl groups excluding tert-OH is 1. The van der Waals surface area contributed by atoms with Gasteiger partial charge in [0.1, 0.15) is 17.1 Å². The van der Waals surface area contributed by atoms with Crippen LogP contribution in [0, 0.1) is 0 Å². The molecule has 0 aliphatic carbocycles. The topological polar surface area (TPSA) is 108 Å². The highest BCUT2D eigenvalue weighted by Crippen LogP contribution is 2.27. The van der Waals surface area contributed by atoms with Crippen molar-refractivity contribution in [1.29, 1.82) is 0 Å². The number of aromatic carboxylic acids is 1. The molecule has 1 aliphatic heterocycles. The lowest BCUT2D eigenvalue weighted by molar-refractivity contribution is 0.0697. The van der Waals surface area contributed by atoms with E-state index in [9.17, 15) is 15.0 Å². The van der Waals surface area contributed by atoms with Crippen molar-refractivity contribution in [1.82, 2.24) is 9.97 Å². The summed E-state index contributed by atoms with van der Waals surface area (Å²) in [6.45, 7) is 1.08. The van der Waals surface area contributed by atoms with Crippen LogP contribution in [0.2, 0.25) is 5.02 Å². The van der Waals surface area contributed by atoms with E-state index in [4.69, 9.17) is 16.3 Å². The van der Waals surface area contributed by atoms with Gasteiger partial charge in [-0.1, -0.05) is 17.7 Å². The average Bonchev–Trinajstić information content (AvgIpc) is 3.15. The minimum Gasteiger partial charge on any atom is -0.495 e. The molecule has 1 aromatic heterocycles. The number of ether oxygens (including phenoxy) is 1. The standard InChI is InChI=1S/C18H21ClN4O4/c1-27-15-5-4-11(7-14(15)19)8-20-16-13(17(25)26)9-21-18(22-16)23-6-2-3-12(23)10-24/h4-5,7,9,12,24H,2-3,6,8,10H2,1H3,(H,25,26)(H,20,21,22). The van der Waals surface area contributed by atoms with Crippen LogP contribution in [0.15, 0.2) is 24.4 Å². The summed E-state index contributed by atoms with van der Waals surface area (Å²) in [4.78, 5) is 22.0. The van der Waals surface area contributed by atoms with Gasteiger partial charge in [-0.05, 0) is 30.5 Å². The molecule has 3 N–H and O–H groups in total. The van der Waals surface area contributed by atoms with Crippen LogP contribution in [0.1, 0.15) is 28.8 Å². The van der Waals surface area contributed by atoms with Gasteiger partial charge in [0.05, 0.1) is 24.8 Å². The number of methoxy groups -OCH3 is 1. The first-order valence-corrected chi connectivity index (χ1v) is 8.95. The lowest BCUT2D eigenvalue weighted by atomic mass is 10.2. The van der Waals surface area contributed by atoms with Gasteiger partial charge in [-0.3, -0.25) is 0 Å². The Morgan fingerprint density at radius 2 is 2.30 bits per heavy atom. The molecule has 0 bridgehead atoms. The Balaban J connectivity index is 1.83. The molecule has 3 rings (SSSR count). The molecule has 0 amide bonds. The number of aromatic nitrogens is 2. The number of carboxylic acid groups (broad SMARTS) is 1. The summed E-state index contributed by atoms with van der Waals surface area (Å²) in [6, 6.07) is 5.29. The first kappa shape index (κ1) is 19.2. The summed E-state index contributed by atoms with van der Waals surface area (Å²) in [5.41, 5.74) is 0.838. The van der Waals surface area contributed by atoms with E-state index in [-0.39, 0.29) is 24.0 Å². The third-order valence-electron chi connectivity index (χ3n) is 4.53. The van der Waals surface area contributed by atoms with E-state index >= 15 is 0 Å². The SMILES string of the molecule is COc1ccc(CNc2nc(N3CCCC3CO)ncc2C(=O)O)cc1Cl. The van der Waals surface area contributed by atoms with Crippen LogP contribution in [0.5, 0.6) is 5.75 Å². The highest BCUT2D eigenvalue weighted by atomic mass is 35.5. The van der Waals surface area contributed by atoms with Crippen LogP contribution in [0.25, 0.3) is 0 Å². The lowest BCUT2D eigenvalue weighted by Crippen LogP contribution is -2.33. The van der Waals surface area contributed by atoms with Gasteiger partial charge in [-0.15, -0.1) is 0 Å². The maximum absolute atomic E-state index is 11.5. The summed E-state index contributed by atoms with van der Waals surface area (Å²) >= 11 is 6.13. The number of aliphatic hydroxyl groups is 1. The second-order valence-corrected chi connectivity index (χ2v) is 6.64. The number of nitrogens with zero attached hydrogens (tertiary/aromatic N) is 3. The molecular weight excluding hydrogens is 372 g/mol. The van der Waals surface area contributed by atoms with Gasteiger partial charge in [0.2, 0.25) is 5.95 Å². The molecule has 2 heterocycles. The second-order valence-electron chi connectivity index (χ2n) is 6.23. The Morgan fingerprint density at radius 1 is 1.48 bits per heavy atom. The van der Waals surface area contributed by atoms with E-state index in [0.29, 0.717) is 23.3 Å². The molecule has 2 aromatic rings. The molecule has 0 saturated carbocycles. The van der Waals surface area contributed by atoms with E-state index in [1.165, 1.54) is 6.20 Å². The highest BCUT2D eigenvalue weighted by Gasteiger charge is 2.27. The number of rotatable bonds is 7. The summed E-state index contributed by atoms with van der Waals surface area (Å²) in [5.74, 6) is 0.0897. The van der Waals surface area contributed by atoms with Crippen LogP contribution in [0.3, 0.4) is 0 Å². The van der Waals surface area contributed by atoms with E-state index < -0.39 is 5.97 Å². The first-order valence-electron chi connectivity index (χ1n) is 8.57. The van der Waals surface area contributed by atoms with E-state index in [2.05, 4.69) is 15.3 Å². The normalized spacial score (nSPS) is 16.4. The third kappa shape index (κ3) is 4.23. The zero-order chi connectivity index (χ0) is 19.4. The van der Waals surface area contributed by atoms with Crippen molar-refractivity contribution >= 4 is 29.3 Å². The molecule has 1 saturated heterocycles. The fourth-order valence-electron chi connectivity index (χ4n) is 3.10. The first-order chi connectivity index (χ1) is 13.0. The molecule has 0 radical (unpaired) electrons. The largest absolute Gasteiger partial charge is 0.495 e. The molecule has 1 fully saturated rings. The van der Waals surface area contributed by atoms with Gasteiger partial charge in [0, 0.05) is 19.3 Å². The number of hydrogen-bond donors (Lipinski definition) is 3. The molecule has 1 unspecified atom stereocenters. The van der Waals surface area contributed by atoms with Crippen LogP contribution < -0.4 is 15.0 Å². The van der Waals surface area contributed by atoms with E-state index in [1.807, 2.05) is 11.0 Å². The Morgan fingerprint density at radius 3 is 2.96 bits per heavy atom. The van der Waals surface area contributed by atoms with Crippen molar-refractivity contribution in [3.05, 3.63) is 40.5 Å². The predicted molar refractivity (Wildman–Crippen MR) is 102 cm³/mol. The second kappa shape index (κ2) is 8.41. The van der Waals surface area contributed by atoms with Crippen molar-refractivity contribution in [2.24, 2.45) is 0 Å². The summed E-state index contributed by atoms with van der Waals surface area (Å²) in [5, 5.41) is 22.4. The van der Waals surface area contributed by atoms with Crippen molar-refractivity contribution in [2.75, 3.05) is 30.5 Å². The van der Waals surface area contributed by atoms with Gasteiger partial charge in [0.15, 0.2) is 0 Å². The number of nitrogens with one attached hydrogen (secondary N) is 1. The fourth-order valence-corrected chi connectivity index (χ4v) is 3.38. The molecule has 8 nitrogen and oxygen atoms in total. The zero-order valence-corrected chi connectivity index (χ0v) is 15.6. The Labute approximate surface area is 161 Å². The molecule has 1 aliphatic rings. The van der Waals surface area contributed by atoms with Crippen molar-refractivity contribution in [3.63, 3.8) is 0 Å². The van der Waals surface area contributed by atoms with E-state index in [1.54, 1.807) is 19.2 Å². The zero-order valence-electron chi connectivity index (χ0n) is 14.9. The van der Waals surface area contributed by atoms with Crippen molar-refractivity contribution in [2.45, 2.75) is 25.4 Å². The maximum Gasteiger partial charge on any atom is 0.341 e. The van der Waals surface area contributed by atoms with Gasteiger partial charge < -0.3 is 25.2 Å². The minimum atomic E-state index is -1.11. The summed E-state index contributed by atoms with van der Waals surface area (Å²) in [6.07, 6.45) is 3.08. The van der Waals surface area contributed by atoms with Crippen molar-refractivity contribution < 1.29 is 19.7 Å². The number of carboxylic acids is 1. The molecule has 144 valence electrons. The van der Waals surface area contributed by atoms with E-state index in [0.717, 1.165) is 24.9 Å². The molecule has 1 atom stereocenters. The molecule has 0 spiro atoms. The van der Waals surface area contributed by atoms with Gasteiger partial charge in [-0.25, -0.2) is 9.78 Å². The summed E-state index contributed by atoms with van der Waals surface area (Å²) in [7, 11) is 1.54. The van der Waals surface area contributed by atoms with Crippen LogP contribution in [0.4, 0.5) is 11.8 Å². The van der Waals surface area contributed by atoms with Crippen LogP contribution in [-0.2, 0) is 6.54 Å². The molecule has 1 aromatic carbocycles. The number of halogens is 1. The lowest BCUT2D eigenvalue weighted by Gasteiger charge is -2.23. The van der Waals surface area contributed by atoms with Crippen LogP contribution >= 0.6 is 11.6 Å². The third-order valence-corrected chi connectivity index (χ3v) is 4.82. The predicted octanol–water partition coefficient (Wildman–Crippen LogP) is 2.41. The number of hydrogen-bond acceptors (Lipinski definition) is 7.